The van der Waals surface area contributed by atoms with Crippen LogP contribution in [0.3, 0.4) is 0 Å². The number of anilines is 1. The molecule has 25 heavy (non-hydrogen) atoms. The van der Waals surface area contributed by atoms with Crippen molar-refractivity contribution in [3.63, 3.8) is 0 Å². The van der Waals surface area contributed by atoms with Crippen molar-refractivity contribution in [2.24, 2.45) is 0 Å². The predicted molar refractivity (Wildman–Crippen MR) is 102 cm³/mol. The van der Waals surface area contributed by atoms with Gasteiger partial charge >= 0.3 is 0 Å². The summed E-state index contributed by atoms with van der Waals surface area (Å²) in [5.74, 6) is -0.572. The lowest BCUT2D eigenvalue weighted by Gasteiger charge is -2.16. The summed E-state index contributed by atoms with van der Waals surface area (Å²) in [6.07, 6.45) is 4.42. The van der Waals surface area contributed by atoms with E-state index in [1.165, 1.54) is 22.6 Å². The second-order valence-electron chi connectivity index (χ2n) is 5.46. The minimum absolute atomic E-state index is 0.286. The van der Waals surface area contributed by atoms with E-state index in [2.05, 4.69) is 6.58 Å². The number of hydrogen-bond acceptors (Lipinski definition) is 2. The Kier molecular flexibility index (Phi) is 4.86. The SMILES string of the molecule is C=Cc1ccccc1.O=C1C=CC(=O)N1c1cccc2ccccc12. The van der Waals surface area contributed by atoms with Crippen LogP contribution in [-0.2, 0) is 9.59 Å². The standard InChI is InChI=1S/C14H9NO2.C8H8/c16-13-8-9-14(17)15(13)12-7-3-5-10-4-1-2-6-11(10)12;1-2-8-6-4-3-5-7-8/h1-9H;2-7H,1H2. The summed E-state index contributed by atoms with van der Waals surface area (Å²) in [4.78, 5) is 24.5. The fourth-order valence-electron chi connectivity index (χ4n) is 2.63. The van der Waals surface area contributed by atoms with Crippen LogP contribution in [0.15, 0.2) is 91.5 Å². The number of nitrogens with zero attached hydrogens (tertiary/aromatic N) is 1. The van der Waals surface area contributed by atoms with E-state index >= 15 is 0 Å². The van der Waals surface area contributed by atoms with Crippen molar-refractivity contribution in [2.45, 2.75) is 0 Å². The van der Waals surface area contributed by atoms with Crippen molar-refractivity contribution in [2.75, 3.05) is 4.90 Å². The first-order valence-electron chi connectivity index (χ1n) is 7.92. The monoisotopic (exact) mass is 327 g/mol. The van der Waals surface area contributed by atoms with E-state index in [0.717, 1.165) is 10.8 Å². The highest BCUT2D eigenvalue weighted by Crippen LogP contribution is 2.28. The molecule has 0 saturated carbocycles. The van der Waals surface area contributed by atoms with Crippen molar-refractivity contribution >= 4 is 34.4 Å². The first kappa shape index (κ1) is 16.4. The molecule has 2 amide bonds. The highest BCUT2D eigenvalue weighted by Gasteiger charge is 2.26. The number of benzene rings is 3. The van der Waals surface area contributed by atoms with Crippen LogP contribution >= 0.6 is 0 Å². The van der Waals surface area contributed by atoms with Gasteiger partial charge in [-0.2, -0.15) is 0 Å². The number of fused-ring (bicyclic) bond motifs is 1. The van der Waals surface area contributed by atoms with Gasteiger partial charge in [-0.15, -0.1) is 0 Å². The smallest absolute Gasteiger partial charge is 0.258 e. The van der Waals surface area contributed by atoms with Crippen LogP contribution in [0.4, 0.5) is 5.69 Å². The van der Waals surface area contributed by atoms with Gasteiger partial charge in [0.15, 0.2) is 0 Å². The van der Waals surface area contributed by atoms with E-state index < -0.39 is 0 Å². The Labute approximate surface area is 146 Å². The van der Waals surface area contributed by atoms with Gasteiger partial charge in [0.1, 0.15) is 0 Å². The van der Waals surface area contributed by atoms with E-state index in [1.807, 2.05) is 72.8 Å². The van der Waals surface area contributed by atoms with Crippen LogP contribution in [0.5, 0.6) is 0 Å². The third-order valence-corrected chi connectivity index (χ3v) is 3.85. The second kappa shape index (κ2) is 7.41. The molecule has 0 N–H and O–H groups in total. The Morgan fingerprint density at radius 3 is 1.96 bits per heavy atom. The van der Waals surface area contributed by atoms with Gasteiger partial charge in [-0.1, -0.05) is 79.4 Å². The number of carbonyl (C=O) groups is 2. The molecule has 0 bridgehead atoms. The lowest BCUT2D eigenvalue weighted by molar-refractivity contribution is -0.119. The Bertz CT molecular complexity index is 935. The van der Waals surface area contributed by atoms with Gasteiger partial charge in [-0.05, 0) is 17.0 Å². The molecule has 0 fully saturated rings. The van der Waals surface area contributed by atoms with Crippen LogP contribution < -0.4 is 4.90 Å². The number of rotatable bonds is 2. The fraction of sp³-hybridized carbons (Fsp3) is 0. The summed E-state index contributed by atoms with van der Waals surface area (Å²) in [5, 5.41) is 1.91. The molecular weight excluding hydrogens is 310 g/mol. The molecule has 122 valence electrons. The molecule has 3 heteroatoms. The van der Waals surface area contributed by atoms with Crippen molar-refractivity contribution in [3.8, 4) is 0 Å². The zero-order chi connectivity index (χ0) is 17.6. The van der Waals surface area contributed by atoms with E-state index in [9.17, 15) is 9.59 Å². The fourth-order valence-corrected chi connectivity index (χ4v) is 2.63. The molecule has 3 aromatic rings. The first-order valence-corrected chi connectivity index (χ1v) is 7.92. The third-order valence-electron chi connectivity index (χ3n) is 3.85. The van der Waals surface area contributed by atoms with Crippen molar-refractivity contribution in [1.82, 2.24) is 0 Å². The molecule has 1 aliphatic rings. The summed E-state index contributed by atoms with van der Waals surface area (Å²) in [7, 11) is 0. The van der Waals surface area contributed by atoms with Crippen LogP contribution in [0.25, 0.3) is 16.8 Å². The molecular formula is C22H17NO2. The highest BCUT2D eigenvalue weighted by molar-refractivity contribution is 6.30. The largest absolute Gasteiger partial charge is 0.269 e. The van der Waals surface area contributed by atoms with Crippen molar-refractivity contribution in [1.29, 1.82) is 0 Å². The number of imide groups is 1. The molecule has 3 nitrogen and oxygen atoms in total. The molecule has 4 rings (SSSR count). The van der Waals surface area contributed by atoms with Gasteiger partial charge in [-0.25, -0.2) is 4.90 Å². The molecule has 0 saturated heterocycles. The summed E-state index contributed by atoms with van der Waals surface area (Å²) in [5.41, 5.74) is 1.82. The third kappa shape index (κ3) is 3.56. The first-order chi connectivity index (χ1) is 12.2. The molecule has 0 unspecified atom stereocenters. The summed E-state index contributed by atoms with van der Waals surface area (Å²) in [6.45, 7) is 3.63. The maximum Gasteiger partial charge on any atom is 0.258 e. The average Bonchev–Trinajstić information content (AvgIpc) is 3.01. The minimum Gasteiger partial charge on any atom is -0.269 e. The topological polar surface area (TPSA) is 37.4 Å². The van der Waals surface area contributed by atoms with Crippen LogP contribution in [0.2, 0.25) is 0 Å². The number of amides is 2. The van der Waals surface area contributed by atoms with Gasteiger partial charge in [0, 0.05) is 17.5 Å². The quantitative estimate of drug-likeness (QED) is 0.645. The Hall–Kier alpha value is -3.46. The molecule has 0 atom stereocenters. The zero-order valence-electron chi connectivity index (χ0n) is 13.6. The number of hydrogen-bond donors (Lipinski definition) is 0. The van der Waals surface area contributed by atoms with Gasteiger partial charge in [0.2, 0.25) is 0 Å². The zero-order valence-corrected chi connectivity index (χ0v) is 13.6. The van der Waals surface area contributed by atoms with Crippen LogP contribution in [0.1, 0.15) is 5.56 Å². The van der Waals surface area contributed by atoms with Crippen molar-refractivity contribution in [3.05, 3.63) is 97.1 Å². The molecule has 3 aromatic carbocycles. The van der Waals surface area contributed by atoms with Crippen molar-refractivity contribution < 1.29 is 9.59 Å². The maximum absolute atomic E-state index is 11.6. The average molecular weight is 327 g/mol. The van der Waals surface area contributed by atoms with Crippen LogP contribution in [0, 0.1) is 0 Å². The summed E-state index contributed by atoms with van der Waals surface area (Å²) >= 11 is 0. The van der Waals surface area contributed by atoms with Gasteiger partial charge < -0.3 is 0 Å². The molecule has 0 radical (unpaired) electrons. The predicted octanol–water partition coefficient (Wildman–Crippen LogP) is 4.60. The number of carbonyl (C=O) groups excluding carboxylic acids is 2. The van der Waals surface area contributed by atoms with Gasteiger partial charge in [0.05, 0.1) is 5.69 Å². The molecule has 0 aliphatic carbocycles. The lowest BCUT2D eigenvalue weighted by Crippen LogP contribution is -2.29. The maximum atomic E-state index is 11.6. The van der Waals surface area contributed by atoms with E-state index in [4.69, 9.17) is 0 Å². The molecule has 1 heterocycles. The normalized spacial score (nSPS) is 12.9. The van der Waals surface area contributed by atoms with E-state index in [-0.39, 0.29) is 11.8 Å². The molecule has 1 aliphatic heterocycles. The van der Waals surface area contributed by atoms with E-state index in [1.54, 1.807) is 6.07 Å². The van der Waals surface area contributed by atoms with Gasteiger partial charge in [-0.3, -0.25) is 9.59 Å². The second-order valence-corrected chi connectivity index (χ2v) is 5.46. The Morgan fingerprint density at radius 1 is 0.720 bits per heavy atom. The van der Waals surface area contributed by atoms with Crippen LogP contribution in [-0.4, -0.2) is 11.8 Å². The summed E-state index contributed by atoms with van der Waals surface area (Å²) < 4.78 is 0. The molecule has 0 aromatic heterocycles. The van der Waals surface area contributed by atoms with E-state index in [0.29, 0.717) is 5.69 Å². The minimum atomic E-state index is -0.286. The Morgan fingerprint density at radius 2 is 1.32 bits per heavy atom. The Balaban J connectivity index is 0.000000192. The summed E-state index contributed by atoms with van der Waals surface area (Å²) in [6, 6.07) is 23.3. The highest BCUT2D eigenvalue weighted by atomic mass is 16.2. The molecule has 0 spiro atoms. The van der Waals surface area contributed by atoms with Gasteiger partial charge in [0.25, 0.3) is 11.8 Å². The lowest BCUT2D eigenvalue weighted by atomic mass is 10.1.